The fourth-order valence-corrected chi connectivity index (χ4v) is 4.14. The zero-order valence-electron chi connectivity index (χ0n) is 12.5. The number of nitrogens with zero attached hydrogens (tertiary/aromatic N) is 2. The van der Waals surface area contributed by atoms with E-state index in [9.17, 15) is 9.18 Å². The molecule has 7 heteroatoms. The number of anilines is 1. The monoisotopic (exact) mass is 397 g/mol. The third kappa shape index (κ3) is 4.59. The highest BCUT2D eigenvalue weighted by molar-refractivity contribution is 9.11. The highest BCUT2D eigenvalue weighted by atomic mass is 79.9. The highest BCUT2D eigenvalue weighted by Gasteiger charge is 2.25. The zero-order chi connectivity index (χ0) is 16.2. The van der Waals surface area contributed by atoms with Gasteiger partial charge in [-0.05, 0) is 60.1 Å². The smallest absolute Gasteiger partial charge is 0.227 e. The first kappa shape index (κ1) is 16.5. The number of halogens is 2. The van der Waals surface area contributed by atoms with Crippen molar-refractivity contribution in [2.45, 2.75) is 19.4 Å². The Hall–Kier alpha value is -1.31. The molecule has 3 rings (SSSR count). The molecule has 1 fully saturated rings. The Labute approximate surface area is 146 Å². The van der Waals surface area contributed by atoms with Crippen molar-refractivity contribution < 1.29 is 9.18 Å². The quantitative estimate of drug-likeness (QED) is 0.850. The van der Waals surface area contributed by atoms with Gasteiger partial charge in [-0.2, -0.15) is 0 Å². The van der Waals surface area contributed by atoms with Gasteiger partial charge in [0.15, 0.2) is 3.92 Å². The molecule has 1 aliphatic heterocycles. The normalized spacial score (nSPS) is 16.4. The van der Waals surface area contributed by atoms with Crippen molar-refractivity contribution in [3.8, 4) is 0 Å². The van der Waals surface area contributed by atoms with Crippen molar-refractivity contribution in [2.75, 3.05) is 18.4 Å². The Balaban J connectivity index is 1.49. The average Bonchev–Trinajstić information content (AvgIpc) is 2.93. The second kappa shape index (κ2) is 7.51. The number of amides is 1. The molecule has 23 heavy (non-hydrogen) atoms. The third-order valence-electron chi connectivity index (χ3n) is 3.96. The van der Waals surface area contributed by atoms with Gasteiger partial charge in [-0.25, -0.2) is 9.37 Å². The Kier molecular flexibility index (Phi) is 5.40. The molecule has 0 atom stereocenters. The summed E-state index contributed by atoms with van der Waals surface area (Å²) in [4.78, 5) is 20.0. The van der Waals surface area contributed by atoms with Crippen LogP contribution in [0.2, 0.25) is 0 Å². The summed E-state index contributed by atoms with van der Waals surface area (Å²) in [7, 11) is 0. The van der Waals surface area contributed by atoms with Crippen LogP contribution < -0.4 is 5.32 Å². The SMILES string of the molecule is O=C(Nc1cccc(F)c1)C1CCN(Cc2cnc(Br)s2)CC1. The summed E-state index contributed by atoms with van der Waals surface area (Å²) in [5, 5.41) is 2.81. The number of hydrogen-bond donors (Lipinski definition) is 1. The van der Waals surface area contributed by atoms with Gasteiger partial charge in [-0.1, -0.05) is 6.07 Å². The Bertz CT molecular complexity index is 685. The first-order chi connectivity index (χ1) is 11.1. The topological polar surface area (TPSA) is 45.2 Å². The van der Waals surface area contributed by atoms with E-state index < -0.39 is 0 Å². The zero-order valence-corrected chi connectivity index (χ0v) is 14.9. The van der Waals surface area contributed by atoms with Crippen LogP contribution in [0.15, 0.2) is 34.4 Å². The summed E-state index contributed by atoms with van der Waals surface area (Å²) >= 11 is 5.01. The lowest BCUT2D eigenvalue weighted by Gasteiger charge is -2.30. The number of rotatable bonds is 4. The number of benzene rings is 1. The van der Waals surface area contributed by atoms with Gasteiger partial charge >= 0.3 is 0 Å². The van der Waals surface area contributed by atoms with Gasteiger partial charge in [0.1, 0.15) is 5.82 Å². The molecule has 1 aliphatic rings. The summed E-state index contributed by atoms with van der Waals surface area (Å²) in [5.41, 5.74) is 0.520. The molecule has 0 radical (unpaired) electrons. The summed E-state index contributed by atoms with van der Waals surface area (Å²) < 4.78 is 14.1. The molecule has 2 heterocycles. The molecule has 0 aliphatic carbocycles. The number of hydrogen-bond acceptors (Lipinski definition) is 4. The molecule has 1 amide bonds. The second-order valence-corrected chi connectivity index (χ2v) is 8.02. The number of likely N-dealkylation sites (tertiary alicyclic amines) is 1. The lowest BCUT2D eigenvalue weighted by Crippen LogP contribution is -2.37. The Morgan fingerprint density at radius 2 is 2.22 bits per heavy atom. The van der Waals surface area contributed by atoms with Gasteiger partial charge in [0.05, 0.1) is 0 Å². The van der Waals surface area contributed by atoms with Crippen LogP contribution in [0.25, 0.3) is 0 Å². The fourth-order valence-electron chi connectivity index (χ4n) is 2.74. The van der Waals surface area contributed by atoms with Gasteiger partial charge in [-0.3, -0.25) is 9.69 Å². The molecule has 122 valence electrons. The number of carbonyl (C=O) groups excluding carboxylic acids is 1. The third-order valence-corrected chi connectivity index (χ3v) is 5.42. The first-order valence-electron chi connectivity index (χ1n) is 7.49. The summed E-state index contributed by atoms with van der Waals surface area (Å²) in [6.45, 7) is 2.65. The molecular formula is C16H17BrFN3OS. The Morgan fingerprint density at radius 3 is 2.87 bits per heavy atom. The van der Waals surface area contributed by atoms with Gasteiger partial charge < -0.3 is 5.32 Å². The minimum Gasteiger partial charge on any atom is -0.326 e. The Morgan fingerprint density at radius 1 is 1.43 bits per heavy atom. The van der Waals surface area contributed by atoms with Crippen molar-refractivity contribution in [3.05, 3.63) is 45.1 Å². The van der Waals surface area contributed by atoms with Crippen molar-refractivity contribution >= 4 is 38.9 Å². The van der Waals surface area contributed by atoms with Gasteiger partial charge in [0, 0.05) is 29.2 Å². The largest absolute Gasteiger partial charge is 0.326 e. The second-order valence-electron chi connectivity index (χ2n) is 5.63. The fraction of sp³-hybridized carbons (Fsp3) is 0.375. The maximum atomic E-state index is 13.2. The van der Waals surface area contributed by atoms with Crippen molar-refractivity contribution in [1.82, 2.24) is 9.88 Å². The van der Waals surface area contributed by atoms with Crippen LogP contribution >= 0.6 is 27.3 Å². The van der Waals surface area contributed by atoms with Crippen molar-refractivity contribution in [2.24, 2.45) is 5.92 Å². The minimum atomic E-state index is -0.340. The molecule has 0 unspecified atom stereocenters. The number of piperidine rings is 1. The van der Waals surface area contributed by atoms with Crippen molar-refractivity contribution in [1.29, 1.82) is 0 Å². The maximum Gasteiger partial charge on any atom is 0.227 e. The molecule has 1 aromatic carbocycles. The summed E-state index contributed by atoms with van der Waals surface area (Å²) in [6.07, 6.45) is 3.53. The number of carbonyl (C=O) groups is 1. The molecule has 0 bridgehead atoms. The van der Waals surface area contributed by atoms with Crippen LogP contribution in [-0.4, -0.2) is 28.9 Å². The molecule has 1 N–H and O–H groups in total. The molecular weight excluding hydrogens is 381 g/mol. The molecule has 1 aromatic heterocycles. The van der Waals surface area contributed by atoms with Crippen LogP contribution in [0.5, 0.6) is 0 Å². The summed E-state index contributed by atoms with van der Waals surface area (Å²) in [6, 6.07) is 6.01. The minimum absolute atomic E-state index is 0.0114. The van der Waals surface area contributed by atoms with E-state index in [1.807, 2.05) is 6.20 Å². The predicted molar refractivity (Wildman–Crippen MR) is 92.8 cm³/mol. The van der Waals surface area contributed by atoms with Crippen molar-refractivity contribution in [3.63, 3.8) is 0 Å². The van der Waals surface area contributed by atoms with Gasteiger partial charge in [0.25, 0.3) is 0 Å². The van der Waals surface area contributed by atoms with E-state index in [1.54, 1.807) is 23.5 Å². The van der Waals surface area contributed by atoms with E-state index in [2.05, 4.69) is 31.1 Å². The van der Waals surface area contributed by atoms with Crippen LogP contribution in [0.3, 0.4) is 0 Å². The molecule has 1 saturated heterocycles. The molecule has 0 saturated carbocycles. The lowest BCUT2D eigenvalue weighted by atomic mass is 9.96. The molecule has 4 nitrogen and oxygen atoms in total. The molecule has 2 aromatic rings. The van der Waals surface area contributed by atoms with E-state index in [4.69, 9.17) is 0 Å². The van der Waals surface area contributed by atoms with E-state index in [1.165, 1.54) is 17.0 Å². The number of nitrogens with one attached hydrogen (secondary N) is 1. The van der Waals surface area contributed by atoms with E-state index in [0.29, 0.717) is 5.69 Å². The van der Waals surface area contributed by atoms with Gasteiger partial charge in [0.2, 0.25) is 5.91 Å². The number of aromatic nitrogens is 1. The van der Waals surface area contributed by atoms with Gasteiger partial charge in [-0.15, -0.1) is 11.3 Å². The standard InChI is InChI=1S/C16H17BrFN3OS/c17-16-19-9-14(23-16)10-21-6-4-11(5-7-21)15(22)20-13-3-1-2-12(18)8-13/h1-3,8-9,11H,4-7,10H2,(H,20,22). The van der Waals surface area contributed by atoms with E-state index >= 15 is 0 Å². The average molecular weight is 398 g/mol. The summed E-state index contributed by atoms with van der Waals surface area (Å²) in [5.74, 6) is -0.369. The molecule has 0 spiro atoms. The van der Waals surface area contributed by atoms with E-state index in [-0.39, 0.29) is 17.6 Å². The van der Waals surface area contributed by atoms with Crippen LogP contribution in [0.1, 0.15) is 17.7 Å². The van der Waals surface area contributed by atoms with Crippen LogP contribution in [0.4, 0.5) is 10.1 Å². The first-order valence-corrected chi connectivity index (χ1v) is 9.10. The van der Waals surface area contributed by atoms with Crippen LogP contribution in [0, 0.1) is 11.7 Å². The van der Waals surface area contributed by atoms with Crippen LogP contribution in [-0.2, 0) is 11.3 Å². The van der Waals surface area contributed by atoms with E-state index in [0.717, 1.165) is 36.4 Å². The lowest BCUT2D eigenvalue weighted by molar-refractivity contribution is -0.121. The highest BCUT2D eigenvalue weighted by Crippen LogP contribution is 2.24. The number of thiazole rings is 1. The maximum absolute atomic E-state index is 13.2. The predicted octanol–water partition coefficient (Wildman–Crippen LogP) is 3.90.